The molecule has 3 amide bonds. The maximum Gasteiger partial charge on any atom is 0.328 e. The highest BCUT2D eigenvalue weighted by molar-refractivity contribution is 6.34. The van der Waals surface area contributed by atoms with Crippen LogP contribution in [0.3, 0.4) is 0 Å². The molecule has 25 heavy (non-hydrogen) atoms. The Morgan fingerprint density at radius 2 is 1.96 bits per heavy atom. The zero-order valence-corrected chi connectivity index (χ0v) is 14.8. The van der Waals surface area contributed by atoms with Crippen LogP contribution in [0, 0.1) is 5.92 Å². The van der Waals surface area contributed by atoms with Crippen molar-refractivity contribution in [1.29, 1.82) is 0 Å². The number of imide groups is 1. The van der Waals surface area contributed by atoms with Gasteiger partial charge in [-0.1, -0.05) is 11.6 Å². The third-order valence-electron chi connectivity index (χ3n) is 4.95. The molecule has 0 bridgehead atoms. The van der Waals surface area contributed by atoms with E-state index in [1.165, 1.54) is 4.90 Å². The zero-order chi connectivity index (χ0) is 17.8. The lowest BCUT2D eigenvalue weighted by Gasteiger charge is -2.34. The maximum atomic E-state index is 12.1. The Bertz CT molecular complexity index is 672. The molecule has 2 heterocycles. The van der Waals surface area contributed by atoms with Gasteiger partial charge in [0.25, 0.3) is 0 Å². The van der Waals surface area contributed by atoms with E-state index in [1.54, 1.807) is 6.07 Å². The number of carbonyl (C=O) groups is 3. The Labute approximate surface area is 152 Å². The molecule has 0 radical (unpaired) electrons. The van der Waals surface area contributed by atoms with Crippen molar-refractivity contribution in [1.82, 2.24) is 5.32 Å². The van der Waals surface area contributed by atoms with Gasteiger partial charge in [-0.15, -0.1) is 0 Å². The van der Waals surface area contributed by atoms with Crippen LogP contribution in [-0.4, -0.2) is 37.9 Å². The van der Waals surface area contributed by atoms with Crippen molar-refractivity contribution < 1.29 is 14.4 Å². The first-order chi connectivity index (χ1) is 12.1. The van der Waals surface area contributed by atoms with Gasteiger partial charge >= 0.3 is 6.03 Å². The molecule has 0 aliphatic carbocycles. The molecular weight excluding hydrogens is 342 g/mol. The van der Waals surface area contributed by atoms with Gasteiger partial charge < -0.3 is 9.69 Å². The van der Waals surface area contributed by atoms with E-state index in [0.717, 1.165) is 44.3 Å². The molecule has 0 unspecified atom stereocenters. The van der Waals surface area contributed by atoms with Crippen molar-refractivity contribution in [3.8, 4) is 0 Å². The quantitative estimate of drug-likeness (QED) is 0.816. The summed E-state index contributed by atoms with van der Waals surface area (Å²) in [5.74, 6) is 0.345. The van der Waals surface area contributed by atoms with E-state index in [9.17, 15) is 14.4 Å². The highest BCUT2D eigenvalue weighted by Gasteiger charge is 2.27. The molecule has 1 aromatic carbocycles. The van der Waals surface area contributed by atoms with Crippen molar-refractivity contribution in [2.75, 3.05) is 29.4 Å². The molecule has 1 aromatic rings. The summed E-state index contributed by atoms with van der Waals surface area (Å²) in [6.45, 7) is 2.19. The zero-order valence-electron chi connectivity index (χ0n) is 14.0. The lowest BCUT2D eigenvalue weighted by molar-refractivity contribution is -0.120. The van der Waals surface area contributed by atoms with E-state index in [1.807, 2.05) is 12.1 Å². The number of benzene rings is 1. The second-order valence-electron chi connectivity index (χ2n) is 6.57. The summed E-state index contributed by atoms with van der Waals surface area (Å²) in [5.41, 5.74) is 1.66. The van der Waals surface area contributed by atoms with Crippen LogP contribution in [0.5, 0.6) is 0 Å². The molecule has 2 fully saturated rings. The molecule has 0 saturated carbocycles. The van der Waals surface area contributed by atoms with Crippen LogP contribution in [0.25, 0.3) is 0 Å². The highest BCUT2D eigenvalue weighted by Crippen LogP contribution is 2.33. The third kappa shape index (κ3) is 4.12. The Balaban J connectivity index is 1.71. The summed E-state index contributed by atoms with van der Waals surface area (Å²) < 4.78 is 0. The number of hydrogen-bond donors (Lipinski definition) is 1. The van der Waals surface area contributed by atoms with Gasteiger partial charge in [0.2, 0.25) is 5.91 Å². The standard InChI is InChI=1S/C18H22ClN3O3/c19-15-4-3-14(21-8-5-13(6-9-21)2-1-11-23)12-16(15)22-10-7-17(24)20-18(22)25/h3-4,11-13H,1-2,5-10H2,(H,20,24,25). The summed E-state index contributed by atoms with van der Waals surface area (Å²) in [5, 5.41) is 2.82. The molecule has 7 heteroatoms. The number of anilines is 2. The van der Waals surface area contributed by atoms with Crippen LogP contribution >= 0.6 is 11.6 Å². The normalized spacial score (nSPS) is 19.1. The summed E-state index contributed by atoms with van der Waals surface area (Å²) in [6.07, 6.45) is 4.99. The molecule has 3 rings (SSSR count). The van der Waals surface area contributed by atoms with Crippen LogP contribution in [0.15, 0.2) is 18.2 Å². The number of aldehydes is 1. The summed E-state index contributed by atoms with van der Waals surface area (Å²) >= 11 is 6.29. The number of amides is 3. The smallest absolute Gasteiger partial charge is 0.328 e. The molecule has 2 aliphatic rings. The van der Waals surface area contributed by atoms with E-state index in [0.29, 0.717) is 29.6 Å². The number of hydrogen-bond acceptors (Lipinski definition) is 4. The second kappa shape index (κ2) is 7.87. The third-order valence-corrected chi connectivity index (χ3v) is 5.27. The summed E-state index contributed by atoms with van der Waals surface area (Å²) in [7, 11) is 0. The number of urea groups is 1. The number of piperidine rings is 1. The molecular formula is C18H22ClN3O3. The first kappa shape index (κ1) is 17.7. The first-order valence-corrected chi connectivity index (χ1v) is 9.05. The van der Waals surface area contributed by atoms with Gasteiger partial charge in [0, 0.05) is 38.2 Å². The van der Waals surface area contributed by atoms with Crippen LogP contribution < -0.4 is 15.1 Å². The minimum absolute atomic E-state index is 0.258. The van der Waals surface area contributed by atoms with E-state index in [2.05, 4.69) is 10.2 Å². The van der Waals surface area contributed by atoms with E-state index in [-0.39, 0.29) is 12.3 Å². The first-order valence-electron chi connectivity index (χ1n) is 8.68. The van der Waals surface area contributed by atoms with Gasteiger partial charge in [-0.05, 0) is 43.4 Å². The monoisotopic (exact) mass is 363 g/mol. The molecule has 2 saturated heterocycles. The number of halogens is 1. The Morgan fingerprint density at radius 3 is 2.64 bits per heavy atom. The average molecular weight is 364 g/mol. The Kier molecular flexibility index (Phi) is 5.58. The van der Waals surface area contributed by atoms with Gasteiger partial charge in [-0.3, -0.25) is 15.0 Å². The van der Waals surface area contributed by atoms with Gasteiger partial charge in [0.15, 0.2) is 0 Å². The maximum absolute atomic E-state index is 12.1. The lowest BCUT2D eigenvalue weighted by Crippen LogP contribution is -2.49. The summed E-state index contributed by atoms with van der Waals surface area (Å²) in [6, 6.07) is 5.26. The van der Waals surface area contributed by atoms with Gasteiger partial charge in [-0.25, -0.2) is 4.79 Å². The fourth-order valence-corrected chi connectivity index (χ4v) is 3.70. The van der Waals surface area contributed by atoms with Gasteiger partial charge in [0.1, 0.15) is 6.29 Å². The molecule has 134 valence electrons. The van der Waals surface area contributed by atoms with Crippen molar-refractivity contribution >= 4 is 41.2 Å². The average Bonchev–Trinajstić information content (AvgIpc) is 2.61. The molecule has 6 nitrogen and oxygen atoms in total. The molecule has 0 atom stereocenters. The Morgan fingerprint density at radius 1 is 1.20 bits per heavy atom. The minimum atomic E-state index is -0.428. The fourth-order valence-electron chi connectivity index (χ4n) is 3.48. The predicted molar refractivity (Wildman–Crippen MR) is 97.2 cm³/mol. The minimum Gasteiger partial charge on any atom is -0.371 e. The number of nitrogens with zero attached hydrogens (tertiary/aromatic N) is 2. The van der Waals surface area contributed by atoms with E-state index in [4.69, 9.17) is 11.6 Å². The number of nitrogens with one attached hydrogen (secondary N) is 1. The molecule has 0 aromatic heterocycles. The highest BCUT2D eigenvalue weighted by atomic mass is 35.5. The van der Waals surface area contributed by atoms with Crippen molar-refractivity contribution in [3.05, 3.63) is 23.2 Å². The number of rotatable bonds is 5. The lowest BCUT2D eigenvalue weighted by atomic mass is 9.92. The van der Waals surface area contributed by atoms with Crippen molar-refractivity contribution in [2.45, 2.75) is 32.1 Å². The van der Waals surface area contributed by atoms with Gasteiger partial charge in [0.05, 0.1) is 10.7 Å². The topological polar surface area (TPSA) is 69.7 Å². The van der Waals surface area contributed by atoms with Crippen molar-refractivity contribution in [3.63, 3.8) is 0 Å². The SMILES string of the molecule is O=CCCC1CCN(c2ccc(Cl)c(N3CCC(=O)NC3=O)c2)CC1. The van der Waals surface area contributed by atoms with Crippen LogP contribution in [-0.2, 0) is 9.59 Å². The van der Waals surface area contributed by atoms with E-state index >= 15 is 0 Å². The number of carbonyl (C=O) groups excluding carboxylic acids is 3. The summed E-state index contributed by atoms with van der Waals surface area (Å²) in [4.78, 5) is 37.7. The van der Waals surface area contributed by atoms with E-state index < -0.39 is 6.03 Å². The second-order valence-corrected chi connectivity index (χ2v) is 6.97. The molecule has 0 spiro atoms. The van der Waals surface area contributed by atoms with Crippen LogP contribution in [0.4, 0.5) is 16.2 Å². The van der Waals surface area contributed by atoms with Crippen LogP contribution in [0.1, 0.15) is 32.1 Å². The molecule has 2 aliphatic heterocycles. The van der Waals surface area contributed by atoms with Crippen molar-refractivity contribution in [2.24, 2.45) is 5.92 Å². The molecule has 1 N–H and O–H groups in total. The van der Waals surface area contributed by atoms with Gasteiger partial charge in [-0.2, -0.15) is 0 Å². The predicted octanol–water partition coefficient (Wildman–Crippen LogP) is 2.98. The Hall–Kier alpha value is -2.08. The fraction of sp³-hybridized carbons (Fsp3) is 0.500. The van der Waals surface area contributed by atoms with Crippen LogP contribution in [0.2, 0.25) is 5.02 Å². The largest absolute Gasteiger partial charge is 0.371 e.